The van der Waals surface area contributed by atoms with Gasteiger partial charge in [-0.1, -0.05) is 55.5 Å². The summed E-state index contributed by atoms with van der Waals surface area (Å²) >= 11 is 0. The molecule has 0 bridgehead atoms. The maximum absolute atomic E-state index is 13.4. The summed E-state index contributed by atoms with van der Waals surface area (Å²) in [4.78, 5) is 13.3. The van der Waals surface area contributed by atoms with Gasteiger partial charge in [-0.3, -0.25) is 4.79 Å². The van der Waals surface area contributed by atoms with Crippen LogP contribution in [-0.2, 0) is 21.2 Å². The number of hydrogen-bond donors (Lipinski definition) is 1. The molecule has 0 spiro atoms. The Balaban J connectivity index is 1.63. The van der Waals surface area contributed by atoms with Crippen LogP contribution in [0.25, 0.3) is 10.8 Å². The first-order valence-corrected chi connectivity index (χ1v) is 11.8. The van der Waals surface area contributed by atoms with Gasteiger partial charge in [0.25, 0.3) is 0 Å². The Kier molecular flexibility index (Phi) is 5.62. The van der Waals surface area contributed by atoms with E-state index in [0.29, 0.717) is 19.4 Å². The SMILES string of the molecule is CCc1cccc(C)c1NC(=O)C1CCCN1S(=O)(=O)c1ccc2ccccc2c1. The Labute approximate surface area is 177 Å². The number of aryl methyl sites for hydroxylation is 2. The first-order valence-electron chi connectivity index (χ1n) is 10.3. The zero-order valence-electron chi connectivity index (χ0n) is 17.3. The molecule has 1 heterocycles. The van der Waals surface area contributed by atoms with Gasteiger partial charge in [-0.15, -0.1) is 0 Å². The third kappa shape index (κ3) is 3.73. The van der Waals surface area contributed by atoms with Gasteiger partial charge in [0.05, 0.1) is 4.90 Å². The molecule has 1 saturated heterocycles. The van der Waals surface area contributed by atoms with E-state index in [1.807, 2.05) is 62.4 Å². The molecule has 4 rings (SSSR count). The number of benzene rings is 3. The fourth-order valence-corrected chi connectivity index (χ4v) is 5.85. The van der Waals surface area contributed by atoms with E-state index < -0.39 is 16.1 Å². The maximum Gasteiger partial charge on any atom is 0.243 e. The summed E-state index contributed by atoms with van der Waals surface area (Å²) in [5.41, 5.74) is 2.81. The Morgan fingerprint density at radius 3 is 2.60 bits per heavy atom. The molecule has 1 N–H and O–H groups in total. The predicted molar refractivity (Wildman–Crippen MR) is 120 cm³/mol. The smallest absolute Gasteiger partial charge is 0.243 e. The monoisotopic (exact) mass is 422 g/mol. The molecular formula is C24H26N2O3S. The highest BCUT2D eigenvalue weighted by Gasteiger charge is 2.39. The molecule has 30 heavy (non-hydrogen) atoms. The molecule has 5 nitrogen and oxygen atoms in total. The molecule has 1 aliphatic heterocycles. The van der Waals surface area contributed by atoms with Crippen molar-refractivity contribution in [3.8, 4) is 0 Å². The summed E-state index contributed by atoms with van der Waals surface area (Å²) in [5.74, 6) is -0.263. The van der Waals surface area contributed by atoms with Gasteiger partial charge >= 0.3 is 0 Å². The summed E-state index contributed by atoms with van der Waals surface area (Å²) in [5, 5.41) is 4.86. The van der Waals surface area contributed by atoms with Crippen molar-refractivity contribution >= 4 is 32.4 Å². The minimum atomic E-state index is -3.77. The highest BCUT2D eigenvalue weighted by molar-refractivity contribution is 7.89. The second-order valence-electron chi connectivity index (χ2n) is 7.73. The van der Waals surface area contributed by atoms with Gasteiger partial charge in [0.1, 0.15) is 6.04 Å². The Morgan fingerprint density at radius 1 is 1.07 bits per heavy atom. The third-order valence-corrected chi connectivity index (χ3v) is 7.73. The standard InChI is InChI=1S/C24H26N2O3S/c1-3-18-11-6-8-17(2)23(18)25-24(27)22-12-7-15-26(22)30(28,29)21-14-13-19-9-4-5-10-20(19)16-21/h4-6,8-11,13-14,16,22H,3,7,12,15H2,1-2H3,(H,25,27). The van der Waals surface area contributed by atoms with E-state index in [1.54, 1.807) is 12.1 Å². The second kappa shape index (κ2) is 8.20. The van der Waals surface area contributed by atoms with Gasteiger partial charge in [0.15, 0.2) is 0 Å². The molecule has 3 aromatic rings. The van der Waals surface area contributed by atoms with Crippen molar-refractivity contribution in [2.75, 3.05) is 11.9 Å². The Morgan fingerprint density at radius 2 is 1.83 bits per heavy atom. The Bertz CT molecular complexity index is 1200. The second-order valence-corrected chi connectivity index (χ2v) is 9.63. The van der Waals surface area contributed by atoms with E-state index in [-0.39, 0.29) is 10.8 Å². The number of anilines is 1. The lowest BCUT2D eigenvalue weighted by Gasteiger charge is -2.24. The number of nitrogens with zero attached hydrogens (tertiary/aromatic N) is 1. The van der Waals surface area contributed by atoms with Gasteiger partial charge in [-0.05, 0) is 60.2 Å². The molecule has 0 aromatic heterocycles. The summed E-state index contributed by atoms with van der Waals surface area (Å²) < 4.78 is 28.1. The highest BCUT2D eigenvalue weighted by atomic mass is 32.2. The molecule has 6 heteroatoms. The minimum absolute atomic E-state index is 0.228. The number of rotatable bonds is 5. The van der Waals surface area contributed by atoms with Crippen LogP contribution in [0.2, 0.25) is 0 Å². The summed E-state index contributed by atoms with van der Waals surface area (Å²) in [7, 11) is -3.77. The van der Waals surface area contributed by atoms with Gasteiger partial charge in [0, 0.05) is 12.2 Å². The normalized spacial score (nSPS) is 17.3. The maximum atomic E-state index is 13.4. The van der Waals surface area contributed by atoms with Crippen LogP contribution in [0.1, 0.15) is 30.9 Å². The summed E-state index contributed by atoms with van der Waals surface area (Å²) in [6.45, 7) is 4.34. The van der Waals surface area contributed by atoms with Crippen LogP contribution in [0.3, 0.4) is 0 Å². The van der Waals surface area contributed by atoms with Crippen LogP contribution in [0.4, 0.5) is 5.69 Å². The van der Waals surface area contributed by atoms with E-state index in [2.05, 4.69) is 5.32 Å². The van der Waals surface area contributed by atoms with E-state index >= 15 is 0 Å². The fourth-order valence-electron chi connectivity index (χ4n) is 4.16. The molecule has 0 radical (unpaired) electrons. The molecule has 1 fully saturated rings. The lowest BCUT2D eigenvalue weighted by atomic mass is 10.1. The number of para-hydroxylation sites is 1. The summed E-state index contributed by atoms with van der Waals surface area (Å²) in [6, 6.07) is 18.0. The van der Waals surface area contributed by atoms with E-state index in [9.17, 15) is 13.2 Å². The van der Waals surface area contributed by atoms with Crippen LogP contribution in [0.15, 0.2) is 65.6 Å². The zero-order chi connectivity index (χ0) is 21.3. The number of carbonyl (C=O) groups is 1. The quantitative estimate of drug-likeness (QED) is 0.658. The molecule has 156 valence electrons. The zero-order valence-corrected chi connectivity index (χ0v) is 18.1. The van der Waals surface area contributed by atoms with Crippen molar-refractivity contribution in [1.29, 1.82) is 0 Å². The lowest BCUT2D eigenvalue weighted by Crippen LogP contribution is -2.43. The fraction of sp³-hybridized carbons (Fsp3) is 0.292. The van der Waals surface area contributed by atoms with Crippen molar-refractivity contribution in [2.24, 2.45) is 0 Å². The predicted octanol–water partition coefficient (Wildman–Crippen LogP) is 4.50. The minimum Gasteiger partial charge on any atom is -0.324 e. The topological polar surface area (TPSA) is 66.5 Å². The number of carbonyl (C=O) groups excluding carboxylic acids is 1. The average Bonchev–Trinajstić information content (AvgIpc) is 3.26. The highest BCUT2D eigenvalue weighted by Crippen LogP contribution is 2.30. The third-order valence-electron chi connectivity index (χ3n) is 5.82. The van der Waals surface area contributed by atoms with Gasteiger partial charge in [0.2, 0.25) is 15.9 Å². The molecule has 1 aliphatic rings. The number of sulfonamides is 1. The first-order chi connectivity index (χ1) is 14.4. The largest absolute Gasteiger partial charge is 0.324 e. The molecule has 1 atom stereocenters. The van der Waals surface area contributed by atoms with Crippen LogP contribution < -0.4 is 5.32 Å². The van der Waals surface area contributed by atoms with E-state index in [4.69, 9.17) is 0 Å². The summed E-state index contributed by atoms with van der Waals surface area (Å²) in [6.07, 6.45) is 1.98. The van der Waals surface area contributed by atoms with Crippen LogP contribution >= 0.6 is 0 Å². The van der Waals surface area contributed by atoms with E-state index in [0.717, 1.165) is 34.0 Å². The van der Waals surface area contributed by atoms with Crippen molar-refractivity contribution in [3.05, 3.63) is 71.8 Å². The molecular weight excluding hydrogens is 396 g/mol. The van der Waals surface area contributed by atoms with Crippen LogP contribution in [0.5, 0.6) is 0 Å². The molecule has 0 aliphatic carbocycles. The number of fused-ring (bicyclic) bond motifs is 1. The number of hydrogen-bond acceptors (Lipinski definition) is 3. The van der Waals surface area contributed by atoms with Gasteiger partial charge < -0.3 is 5.32 Å². The van der Waals surface area contributed by atoms with Crippen molar-refractivity contribution < 1.29 is 13.2 Å². The van der Waals surface area contributed by atoms with Crippen molar-refractivity contribution in [3.63, 3.8) is 0 Å². The van der Waals surface area contributed by atoms with Gasteiger partial charge in [-0.2, -0.15) is 4.31 Å². The van der Waals surface area contributed by atoms with Crippen LogP contribution in [-0.4, -0.2) is 31.2 Å². The van der Waals surface area contributed by atoms with Crippen LogP contribution in [0, 0.1) is 6.92 Å². The molecule has 1 unspecified atom stereocenters. The van der Waals surface area contributed by atoms with Crippen molar-refractivity contribution in [1.82, 2.24) is 4.31 Å². The number of amides is 1. The average molecular weight is 423 g/mol. The first kappa shape index (κ1) is 20.6. The Hall–Kier alpha value is -2.70. The molecule has 0 saturated carbocycles. The molecule has 1 amide bonds. The number of nitrogens with one attached hydrogen (secondary N) is 1. The van der Waals surface area contributed by atoms with Gasteiger partial charge in [-0.25, -0.2) is 8.42 Å². The van der Waals surface area contributed by atoms with E-state index in [1.165, 1.54) is 4.31 Å². The lowest BCUT2D eigenvalue weighted by molar-refractivity contribution is -0.119. The molecule has 3 aromatic carbocycles. The van der Waals surface area contributed by atoms with Crippen molar-refractivity contribution in [2.45, 2.75) is 44.0 Å².